The van der Waals surface area contributed by atoms with E-state index in [0.29, 0.717) is 0 Å². The normalized spacial score (nSPS) is 12.4. The van der Waals surface area contributed by atoms with Crippen LogP contribution in [-0.4, -0.2) is 10.9 Å². The average molecular weight is 359 g/mol. The van der Waals surface area contributed by atoms with Crippen molar-refractivity contribution >= 4 is 27.7 Å². The summed E-state index contributed by atoms with van der Waals surface area (Å²) in [6.45, 7) is 1.49. The van der Waals surface area contributed by atoms with E-state index in [-0.39, 0.29) is 16.9 Å². The van der Waals surface area contributed by atoms with Crippen molar-refractivity contribution in [3.05, 3.63) is 63.6 Å². The Morgan fingerprint density at radius 2 is 1.75 bits per heavy atom. The monoisotopic (exact) mass is 358 g/mol. The topological polar surface area (TPSA) is 20.2 Å². The van der Waals surface area contributed by atoms with Crippen LogP contribution in [0.3, 0.4) is 0 Å². The van der Waals surface area contributed by atoms with Gasteiger partial charge in [0.25, 0.3) is 0 Å². The molecule has 0 amide bonds. The van der Waals surface area contributed by atoms with Gasteiger partial charge in [-0.1, -0.05) is 28.1 Å². The molecule has 0 aromatic heterocycles. The first-order chi connectivity index (χ1) is 9.49. The first-order valence-electron chi connectivity index (χ1n) is 6.00. The van der Waals surface area contributed by atoms with E-state index >= 15 is 0 Å². The molecule has 106 valence electrons. The van der Waals surface area contributed by atoms with E-state index in [1.54, 1.807) is 0 Å². The van der Waals surface area contributed by atoms with Gasteiger partial charge in [-0.2, -0.15) is 0 Å². The van der Waals surface area contributed by atoms with Crippen molar-refractivity contribution in [2.75, 3.05) is 5.75 Å². The molecule has 1 atom stereocenters. The zero-order valence-corrected chi connectivity index (χ0v) is 13.1. The van der Waals surface area contributed by atoms with Crippen LogP contribution in [-0.2, 0) is 0 Å². The van der Waals surface area contributed by atoms with Gasteiger partial charge in [0.1, 0.15) is 0 Å². The summed E-state index contributed by atoms with van der Waals surface area (Å²) in [7, 11) is 0. The highest BCUT2D eigenvalue weighted by Crippen LogP contribution is 2.28. The van der Waals surface area contributed by atoms with E-state index in [1.807, 2.05) is 24.3 Å². The van der Waals surface area contributed by atoms with Gasteiger partial charge in [-0.05, 0) is 36.8 Å². The number of aliphatic hydroxyl groups excluding tert-OH is 1. The summed E-state index contributed by atoms with van der Waals surface area (Å²) in [6, 6.07) is 10.5. The van der Waals surface area contributed by atoms with E-state index in [2.05, 4.69) is 15.9 Å². The zero-order chi connectivity index (χ0) is 14.7. The molecule has 0 aliphatic rings. The molecular weight excluding hydrogens is 346 g/mol. The van der Waals surface area contributed by atoms with Crippen LogP contribution in [0.4, 0.5) is 8.78 Å². The smallest absolute Gasteiger partial charge is 0.164 e. The SMILES string of the molecule is Cc1ccc(C(O)CSc2ccc(Br)cc2)c(F)c1F. The minimum absolute atomic E-state index is 0.00212. The molecule has 0 aliphatic carbocycles. The zero-order valence-electron chi connectivity index (χ0n) is 10.7. The number of benzene rings is 2. The fourth-order valence-electron chi connectivity index (χ4n) is 1.71. The number of aliphatic hydroxyl groups is 1. The second-order valence-corrected chi connectivity index (χ2v) is 6.39. The molecule has 0 saturated heterocycles. The van der Waals surface area contributed by atoms with Crippen molar-refractivity contribution in [1.29, 1.82) is 0 Å². The van der Waals surface area contributed by atoms with E-state index in [1.165, 1.54) is 30.8 Å². The lowest BCUT2D eigenvalue weighted by molar-refractivity contribution is 0.197. The first-order valence-corrected chi connectivity index (χ1v) is 7.78. The number of halogens is 3. The molecular formula is C15H13BrF2OS. The van der Waals surface area contributed by atoms with Gasteiger partial charge in [-0.25, -0.2) is 8.78 Å². The molecule has 1 unspecified atom stereocenters. The molecule has 5 heteroatoms. The maximum Gasteiger partial charge on any atom is 0.164 e. The molecule has 2 aromatic carbocycles. The van der Waals surface area contributed by atoms with Gasteiger partial charge in [-0.3, -0.25) is 0 Å². The summed E-state index contributed by atoms with van der Waals surface area (Å²) >= 11 is 4.73. The molecule has 0 spiro atoms. The molecule has 0 radical (unpaired) electrons. The van der Waals surface area contributed by atoms with Crippen LogP contribution >= 0.6 is 27.7 Å². The van der Waals surface area contributed by atoms with Gasteiger partial charge in [0.15, 0.2) is 11.6 Å². The van der Waals surface area contributed by atoms with E-state index in [0.717, 1.165) is 9.37 Å². The Morgan fingerprint density at radius 1 is 1.10 bits per heavy atom. The average Bonchev–Trinajstić information content (AvgIpc) is 2.44. The maximum absolute atomic E-state index is 13.7. The molecule has 20 heavy (non-hydrogen) atoms. The predicted octanol–water partition coefficient (Wildman–Crippen LogP) is 4.86. The van der Waals surface area contributed by atoms with Crippen LogP contribution in [0.2, 0.25) is 0 Å². The molecule has 0 aliphatic heterocycles. The van der Waals surface area contributed by atoms with Crippen LogP contribution < -0.4 is 0 Å². The molecule has 0 saturated carbocycles. The molecule has 0 heterocycles. The highest BCUT2D eigenvalue weighted by molar-refractivity contribution is 9.10. The highest BCUT2D eigenvalue weighted by atomic mass is 79.9. The fraction of sp³-hybridized carbons (Fsp3) is 0.200. The molecule has 1 N–H and O–H groups in total. The van der Waals surface area contributed by atoms with Crippen molar-refractivity contribution in [3.63, 3.8) is 0 Å². The third-order valence-corrected chi connectivity index (χ3v) is 4.50. The van der Waals surface area contributed by atoms with E-state index < -0.39 is 17.7 Å². The molecule has 2 aromatic rings. The minimum Gasteiger partial charge on any atom is -0.387 e. The maximum atomic E-state index is 13.7. The standard InChI is InChI=1S/C15H13BrF2OS/c1-9-2-7-12(15(18)14(9)17)13(19)8-20-11-5-3-10(16)4-6-11/h2-7,13,19H,8H2,1H3. The lowest BCUT2D eigenvalue weighted by Crippen LogP contribution is -2.06. The van der Waals surface area contributed by atoms with Crippen molar-refractivity contribution in [2.24, 2.45) is 0 Å². The van der Waals surface area contributed by atoms with Crippen molar-refractivity contribution < 1.29 is 13.9 Å². The lowest BCUT2D eigenvalue weighted by atomic mass is 10.1. The largest absolute Gasteiger partial charge is 0.387 e. The Hall–Kier alpha value is -0.910. The lowest BCUT2D eigenvalue weighted by Gasteiger charge is -2.13. The summed E-state index contributed by atoms with van der Waals surface area (Å²) in [5, 5.41) is 10.00. The first kappa shape index (κ1) is 15.5. The summed E-state index contributed by atoms with van der Waals surface area (Å²) in [4.78, 5) is 0.959. The van der Waals surface area contributed by atoms with Crippen molar-refractivity contribution in [3.8, 4) is 0 Å². The van der Waals surface area contributed by atoms with Crippen LogP contribution in [0.5, 0.6) is 0 Å². The Bertz CT molecular complexity index is 602. The number of hydrogen-bond acceptors (Lipinski definition) is 2. The van der Waals surface area contributed by atoms with Crippen molar-refractivity contribution in [2.45, 2.75) is 17.9 Å². The van der Waals surface area contributed by atoms with E-state index in [4.69, 9.17) is 0 Å². The summed E-state index contributed by atoms with van der Waals surface area (Å²) in [5.74, 6) is -1.59. The Morgan fingerprint density at radius 3 is 2.40 bits per heavy atom. The Kier molecular flexibility index (Phi) is 5.18. The molecule has 1 nitrogen and oxygen atoms in total. The second-order valence-electron chi connectivity index (χ2n) is 4.38. The van der Waals surface area contributed by atoms with Gasteiger partial charge in [0, 0.05) is 20.7 Å². The van der Waals surface area contributed by atoms with Gasteiger partial charge >= 0.3 is 0 Å². The summed E-state index contributed by atoms with van der Waals surface area (Å²) < 4.78 is 28.2. The fourth-order valence-corrected chi connectivity index (χ4v) is 2.84. The van der Waals surface area contributed by atoms with E-state index in [9.17, 15) is 13.9 Å². The Labute approximate surface area is 129 Å². The third-order valence-electron chi connectivity index (χ3n) is 2.89. The third kappa shape index (κ3) is 3.59. The van der Waals surface area contributed by atoms with Gasteiger partial charge in [-0.15, -0.1) is 11.8 Å². The van der Waals surface area contributed by atoms with Crippen molar-refractivity contribution in [1.82, 2.24) is 0 Å². The highest BCUT2D eigenvalue weighted by Gasteiger charge is 2.17. The van der Waals surface area contributed by atoms with Gasteiger partial charge in [0.2, 0.25) is 0 Å². The van der Waals surface area contributed by atoms with Crippen LogP contribution in [0, 0.1) is 18.6 Å². The quantitative estimate of drug-likeness (QED) is 0.787. The predicted molar refractivity (Wildman–Crippen MR) is 80.9 cm³/mol. The number of aryl methyl sites for hydroxylation is 1. The minimum atomic E-state index is -1.04. The molecule has 2 rings (SSSR count). The summed E-state index contributed by atoms with van der Waals surface area (Å²) in [5.41, 5.74) is 0.233. The Balaban J connectivity index is 2.07. The molecule has 0 bridgehead atoms. The van der Waals surface area contributed by atoms with Crippen LogP contribution in [0.1, 0.15) is 17.2 Å². The number of thioether (sulfide) groups is 1. The number of hydrogen-bond donors (Lipinski definition) is 1. The van der Waals surface area contributed by atoms with Gasteiger partial charge < -0.3 is 5.11 Å². The number of rotatable bonds is 4. The molecule has 0 fully saturated rings. The van der Waals surface area contributed by atoms with Crippen LogP contribution in [0.15, 0.2) is 45.8 Å². The second kappa shape index (κ2) is 6.70. The van der Waals surface area contributed by atoms with Gasteiger partial charge in [0.05, 0.1) is 6.10 Å². The summed E-state index contributed by atoms with van der Waals surface area (Å²) in [6.07, 6.45) is -1.04. The van der Waals surface area contributed by atoms with Crippen LogP contribution in [0.25, 0.3) is 0 Å².